The van der Waals surface area contributed by atoms with Crippen LogP contribution in [-0.2, 0) is 6.54 Å². The topological polar surface area (TPSA) is 30.7 Å². The average Bonchev–Trinajstić information content (AvgIpc) is 2.97. The van der Waals surface area contributed by atoms with Crippen LogP contribution in [0, 0.1) is 6.92 Å². The van der Waals surface area contributed by atoms with Crippen LogP contribution in [0.5, 0.6) is 0 Å². The highest BCUT2D eigenvalue weighted by Crippen LogP contribution is 2.25. The second kappa shape index (κ2) is 5.87. The van der Waals surface area contributed by atoms with Crippen LogP contribution in [-0.4, -0.2) is 21.4 Å². The molecule has 0 atom stereocenters. The SMILES string of the molecule is Cc1cccnc1-c1cccc(-c2ccn(CCF)n2)c1. The summed E-state index contributed by atoms with van der Waals surface area (Å²) in [5.74, 6) is 0. The van der Waals surface area contributed by atoms with Crippen LogP contribution < -0.4 is 0 Å². The summed E-state index contributed by atoms with van der Waals surface area (Å²) in [5.41, 5.74) is 5.03. The Morgan fingerprint density at radius 1 is 1.10 bits per heavy atom. The lowest BCUT2D eigenvalue weighted by Crippen LogP contribution is -1.99. The lowest BCUT2D eigenvalue weighted by Gasteiger charge is -2.06. The Bertz CT molecular complexity index is 749. The smallest absolute Gasteiger partial charge is 0.109 e. The third kappa shape index (κ3) is 2.84. The summed E-state index contributed by atoms with van der Waals surface area (Å²) in [6.07, 6.45) is 3.60. The molecular weight excluding hydrogens is 265 g/mol. The quantitative estimate of drug-likeness (QED) is 0.726. The summed E-state index contributed by atoms with van der Waals surface area (Å²) in [6, 6.07) is 14.0. The predicted molar refractivity (Wildman–Crippen MR) is 81.6 cm³/mol. The molecule has 0 aliphatic carbocycles. The Morgan fingerprint density at radius 2 is 1.95 bits per heavy atom. The standard InChI is InChI=1S/C17H16FN3/c1-13-4-3-9-19-17(13)15-6-2-5-14(12-15)16-7-10-21(20-16)11-8-18/h2-7,9-10,12H,8,11H2,1H3. The van der Waals surface area contributed by atoms with Gasteiger partial charge in [-0.25, -0.2) is 4.39 Å². The zero-order chi connectivity index (χ0) is 14.7. The molecule has 0 unspecified atom stereocenters. The van der Waals surface area contributed by atoms with Crippen molar-refractivity contribution >= 4 is 0 Å². The first-order valence-electron chi connectivity index (χ1n) is 6.90. The Hall–Kier alpha value is -2.49. The zero-order valence-electron chi connectivity index (χ0n) is 11.8. The van der Waals surface area contributed by atoms with E-state index in [2.05, 4.69) is 16.1 Å². The number of hydrogen-bond acceptors (Lipinski definition) is 2. The molecule has 0 bridgehead atoms. The summed E-state index contributed by atoms with van der Waals surface area (Å²) < 4.78 is 14.0. The first kappa shape index (κ1) is 13.5. The van der Waals surface area contributed by atoms with Crippen molar-refractivity contribution in [2.24, 2.45) is 0 Å². The molecule has 0 radical (unpaired) electrons. The van der Waals surface area contributed by atoms with Crippen LogP contribution in [0.4, 0.5) is 4.39 Å². The molecular formula is C17H16FN3. The summed E-state index contributed by atoms with van der Waals surface area (Å²) in [6.45, 7) is 1.93. The minimum absolute atomic E-state index is 0.291. The van der Waals surface area contributed by atoms with E-state index in [1.165, 1.54) is 0 Å². The van der Waals surface area contributed by atoms with Gasteiger partial charge in [0, 0.05) is 23.5 Å². The summed E-state index contributed by atoms with van der Waals surface area (Å²) in [7, 11) is 0. The second-order valence-corrected chi connectivity index (χ2v) is 4.90. The van der Waals surface area contributed by atoms with Gasteiger partial charge in [0.2, 0.25) is 0 Å². The molecule has 0 spiro atoms. The largest absolute Gasteiger partial charge is 0.269 e. The van der Waals surface area contributed by atoms with Crippen LogP contribution in [0.25, 0.3) is 22.5 Å². The highest BCUT2D eigenvalue weighted by Gasteiger charge is 2.07. The molecule has 0 aliphatic heterocycles. The van der Waals surface area contributed by atoms with Crippen LogP contribution >= 0.6 is 0 Å². The van der Waals surface area contributed by atoms with Gasteiger partial charge in [-0.05, 0) is 30.7 Å². The van der Waals surface area contributed by atoms with Crippen molar-refractivity contribution in [3.8, 4) is 22.5 Å². The molecule has 21 heavy (non-hydrogen) atoms. The van der Waals surface area contributed by atoms with E-state index in [0.717, 1.165) is 28.1 Å². The van der Waals surface area contributed by atoms with Gasteiger partial charge in [-0.1, -0.05) is 24.3 Å². The normalized spacial score (nSPS) is 10.8. The first-order chi connectivity index (χ1) is 10.3. The van der Waals surface area contributed by atoms with Gasteiger partial charge in [-0.3, -0.25) is 9.67 Å². The number of alkyl halides is 1. The number of pyridine rings is 1. The van der Waals surface area contributed by atoms with E-state index in [-0.39, 0.29) is 0 Å². The lowest BCUT2D eigenvalue weighted by molar-refractivity contribution is 0.427. The number of rotatable bonds is 4. The molecule has 0 saturated carbocycles. The van der Waals surface area contributed by atoms with Crippen LogP contribution in [0.2, 0.25) is 0 Å². The van der Waals surface area contributed by atoms with Gasteiger partial charge in [-0.2, -0.15) is 5.10 Å². The van der Waals surface area contributed by atoms with Gasteiger partial charge in [0.1, 0.15) is 6.67 Å². The maximum Gasteiger partial charge on any atom is 0.109 e. The third-order valence-electron chi connectivity index (χ3n) is 3.40. The fourth-order valence-electron chi connectivity index (χ4n) is 2.34. The molecule has 2 heterocycles. The number of hydrogen-bond donors (Lipinski definition) is 0. The number of aromatic nitrogens is 3. The van der Waals surface area contributed by atoms with Crippen LogP contribution in [0.15, 0.2) is 54.9 Å². The van der Waals surface area contributed by atoms with Crippen LogP contribution in [0.1, 0.15) is 5.56 Å². The van der Waals surface area contributed by atoms with Crippen molar-refractivity contribution in [3.05, 3.63) is 60.4 Å². The van der Waals surface area contributed by atoms with E-state index in [1.807, 2.05) is 43.3 Å². The summed E-state index contributed by atoms with van der Waals surface area (Å²) in [4.78, 5) is 4.44. The summed E-state index contributed by atoms with van der Waals surface area (Å²) >= 11 is 0. The van der Waals surface area contributed by atoms with Crippen molar-refractivity contribution in [1.82, 2.24) is 14.8 Å². The number of halogens is 1. The molecule has 3 aromatic rings. The van der Waals surface area contributed by atoms with Crippen molar-refractivity contribution in [3.63, 3.8) is 0 Å². The highest BCUT2D eigenvalue weighted by molar-refractivity contribution is 5.70. The lowest BCUT2D eigenvalue weighted by atomic mass is 10.0. The number of aryl methyl sites for hydroxylation is 2. The number of benzene rings is 1. The molecule has 106 valence electrons. The van der Waals surface area contributed by atoms with Crippen molar-refractivity contribution in [1.29, 1.82) is 0 Å². The molecule has 0 amide bonds. The number of nitrogens with zero attached hydrogens (tertiary/aromatic N) is 3. The molecule has 3 rings (SSSR count). The second-order valence-electron chi connectivity index (χ2n) is 4.90. The molecule has 0 aliphatic rings. The molecule has 1 aromatic carbocycles. The highest BCUT2D eigenvalue weighted by atomic mass is 19.1. The van der Waals surface area contributed by atoms with E-state index in [0.29, 0.717) is 6.54 Å². The Morgan fingerprint density at radius 3 is 2.76 bits per heavy atom. The Kier molecular flexibility index (Phi) is 3.77. The molecule has 0 fully saturated rings. The average molecular weight is 281 g/mol. The van der Waals surface area contributed by atoms with Gasteiger partial charge in [0.05, 0.1) is 17.9 Å². The van der Waals surface area contributed by atoms with E-state index in [1.54, 1.807) is 17.1 Å². The predicted octanol–water partition coefficient (Wildman–Crippen LogP) is 3.89. The van der Waals surface area contributed by atoms with E-state index < -0.39 is 6.67 Å². The fraction of sp³-hybridized carbons (Fsp3) is 0.176. The Balaban J connectivity index is 1.98. The van der Waals surface area contributed by atoms with E-state index in [9.17, 15) is 4.39 Å². The van der Waals surface area contributed by atoms with E-state index >= 15 is 0 Å². The van der Waals surface area contributed by atoms with Crippen LogP contribution in [0.3, 0.4) is 0 Å². The maximum atomic E-state index is 12.4. The molecule has 3 nitrogen and oxygen atoms in total. The molecule has 4 heteroatoms. The van der Waals surface area contributed by atoms with Gasteiger partial charge in [0.25, 0.3) is 0 Å². The monoisotopic (exact) mass is 281 g/mol. The maximum absolute atomic E-state index is 12.4. The van der Waals surface area contributed by atoms with E-state index in [4.69, 9.17) is 0 Å². The molecule has 0 saturated heterocycles. The van der Waals surface area contributed by atoms with Gasteiger partial charge < -0.3 is 0 Å². The zero-order valence-corrected chi connectivity index (χ0v) is 11.8. The third-order valence-corrected chi connectivity index (χ3v) is 3.40. The van der Waals surface area contributed by atoms with Crippen molar-refractivity contribution < 1.29 is 4.39 Å². The van der Waals surface area contributed by atoms with Crippen molar-refractivity contribution in [2.45, 2.75) is 13.5 Å². The minimum Gasteiger partial charge on any atom is -0.269 e. The first-order valence-corrected chi connectivity index (χ1v) is 6.90. The van der Waals surface area contributed by atoms with Crippen molar-refractivity contribution in [2.75, 3.05) is 6.67 Å². The Labute approximate surface area is 123 Å². The molecule has 0 N–H and O–H groups in total. The van der Waals surface area contributed by atoms with Gasteiger partial charge >= 0.3 is 0 Å². The van der Waals surface area contributed by atoms with Gasteiger partial charge in [0.15, 0.2) is 0 Å². The minimum atomic E-state index is -0.408. The molecule has 2 aromatic heterocycles. The fourth-order valence-corrected chi connectivity index (χ4v) is 2.34. The van der Waals surface area contributed by atoms with Gasteiger partial charge in [-0.15, -0.1) is 0 Å². The summed E-state index contributed by atoms with van der Waals surface area (Å²) in [5, 5.41) is 4.38.